The number of nitriles is 1. The summed E-state index contributed by atoms with van der Waals surface area (Å²) in [7, 11) is 3.48. The van der Waals surface area contributed by atoms with Crippen molar-refractivity contribution in [2.75, 3.05) is 19.9 Å². The summed E-state index contributed by atoms with van der Waals surface area (Å²) in [6.07, 6.45) is 0. The average molecular weight is 298 g/mol. The number of benzene rings is 2. The van der Waals surface area contributed by atoms with Gasteiger partial charge in [0.25, 0.3) is 0 Å². The van der Waals surface area contributed by atoms with E-state index in [1.165, 1.54) is 0 Å². The molecule has 3 nitrogen and oxygen atoms in total. The molecule has 0 heterocycles. The molecule has 0 aliphatic carbocycles. The minimum absolute atomic E-state index is 0.602. The van der Waals surface area contributed by atoms with E-state index in [0.717, 1.165) is 16.2 Å². The second-order valence-electron chi connectivity index (χ2n) is 4.57. The van der Waals surface area contributed by atoms with Gasteiger partial charge in [-0.25, -0.2) is 0 Å². The first-order chi connectivity index (χ1) is 10.3. The molecule has 0 bridgehead atoms. The van der Waals surface area contributed by atoms with Gasteiger partial charge >= 0.3 is 0 Å². The van der Waals surface area contributed by atoms with Crippen molar-refractivity contribution in [2.45, 2.75) is 10.4 Å². The summed E-state index contributed by atoms with van der Waals surface area (Å²) in [5, 5.41) is 12.8. The number of nitrogens with zero attached hydrogens (tertiary/aromatic N) is 1. The molecule has 21 heavy (non-hydrogen) atoms. The van der Waals surface area contributed by atoms with Crippen LogP contribution in [0.1, 0.15) is 5.56 Å². The Kier molecular flexibility index (Phi) is 5.26. The zero-order chi connectivity index (χ0) is 15.1. The molecule has 2 aromatic rings. The maximum atomic E-state index is 9.68. The number of methoxy groups -OCH3 is 1. The third-order valence-electron chi connectivity index (χ3n) is 3.40. The molecule has 1 N–H and O–H groups in total. The molecule has 0 radical (unpaired) electrons. The van der Waals surface area contributed by atoms with Crippen LogP contribution in [-0.4, -0.2) is 19.9 Å². The van der Waals surface area contributed by atoms with Gasteiger partial charge in [-0.3, -0.25) is 5.32 Å². The normalized spacial score (nSPS) is 13.2. The molecule has 4 heteroatoms. The summed E-state index contributed by atoms with van der Waals surface area (Å²) in [5.74, 6) is 1.43. The van der Waals surface area contributed by atoms with Crippen molar-refractivity contribution in [1.82, 2.24) is 5.32 Å². The molecule has 1 atom stereocenters. The van der Waals surface area contributed by atoms with E-state index in [1.807, 2.05) is 61.6 Å². The van der Waals surface area contributed by atoms with Crippen molar-refractivity contribution in [2.24, 2.45) is 0 Å². The van der Waals surface area contributed by atoms with Crippen LogP contribution in [0.5, 0.6) is 5.75 Å². The van der Waals surface area contributed by atoms with Crippen molar-refractivity contribution < 1.29 is 4.74 Å². The molecule has 0 fully saturated rings. The third kappa shape index (κ3) is 3.38. The first-order valence-electron chi connectivity index (χ1n) is 6.67. The van der Waals surface area contributed by atoms with Crippen molar-refractivity contribution in [3.05, 3.63) is 60.2 Å². The molecule has 0 aliphatic rings. The molecule has 0 aromatic heterocycles. The lowest BCUT2D eigenvalue weighted by atomic mass is 9.94. The summed E-state index contributed by atoms with van der Waals surface area (Å²) in [6.45, 7) is 0. The Morgan fingerprint density at radius 3 is 2.43 bits per heavy atom. The lowest BCUT2D eigenvalue weighted by Crippen LogP contribution is -2.41. The molecule has 108 valence electrons. The lowest BCUT2D eigenvalue weighted by Gasteiger charge is -2.26. The second-order valence-corrected chi connectivity index (χ2v) is 5.59. The number of thioether (sulfide) groups is 1. The SMILES string of the molecule is CNC(C#N)(CSc1ccccc1OC)c1ccccc1. The fourth-order valence-corrected chi connectivity index (χ4v) is 3.32. The van der Waals surface area contributed by atoms with Gasteiger partial charge in [0.1, 0.15) is 11.3 Å². The van der Waals surface area contributed by atoms with Gasteiger partial charge in [-0.05, 0) is 24.7 Å². The predicted molar refractivity (Wildman–Crippen MR) is 86.5 cm³/mol. The van der Waals surface area contributed by atoms with E-state index in [1.54, 1.807) is 18.9 Å². The van der Waals surface area contributed by atoms with Gasteiger partial charge in [0.05, 0.1) is 13.2 Å². The Balaban J connectivity index is 2.24. The van der Waals surface area contributed by atoms with Crippen LogP contribution in [0.3, 0.4) is 0 Å². The minimum Gasteiger partial charge on any atom is -0.496 e. The van der Waals surface area contributed by atoms with Crippen molar-refractivity contribution in [3.63, 3.8) is 0 Å². The van der Waals surface area contributed by atoms with E-state index in [-0.39, 0.29) is 0 Å². The van der Waals surface area contributed by atoms with E-state index in [4.69, 9.17) is 4.74 Å². The predicted octanol–water partition coefficient (Wildman–Crippen LogP) is 3.43. The molecule has 2 aromatic carbocycles. The number of hydrogen-bond acceptors (Lipinski definition) is 4. The number of para-hydroxylation sites is 1. The van der Waals surface area contributed by atoms with Gasteiger partial charge in [-0.15, -0.1) is 11.8 Å². The van der Waals surface area contributed by atoms with Gasteiger partial charge in [-0.2, -0.15) is 5.26 Å². The second kappa shape index (κ2) is 7.16. The van der Waals surface area contributed by atoms with Crippen LogP contribution in [0.15, 0.2) is 59.5 Å². The summed E-state index contributed by atoms with van der Waals surface area (Å²) < 4.78 is 5.36. The van der Waals surface area contributed by atoms with Crippen molar-refractivity contribution >= 4 is 11.8 Å². The third-order valence-corrected chi connectivity index (χ3v) is 4.62. The number of rotatable bonds is 6. The smallest absolute Gasteiger partial charge is 0.141 e. The van der Waals surface area contributed by atoms with Gasteiger partial charge in [0.2, 0.25) is 0 Å². The van der Waals surface area contributed by atoms with Crippen LogP contribution in [0, 0.1) is 11.3 Å². The molecule has 0 aliphatic heterocycles. The molecular weight excluding hydrogens is 280 g/mol. The van der Waals surface area contributed by atoms with Gasteiger partial charge in [-0.1, -0.05) is 42.5 Å². The van der Waals surface area contributed by atoms with E-state index < -0.39 is 5.54 Å². The van der Waals surface area contributed by atoms with Crippen molar-refractivity contribution in [1.29, 1.82) is 5.26 Å². The topological polar surface area (TPSA) is 45.0 Å². The Morgan fingerprint density at radius 2 is 1.81 bits per heavy atom. The van der Waals surface area contributed by atoms with Crippen LogP contribution < -0.4 is 10.1 Å². The summed E-state index contributed by atoms with van der Waals surface area (Å²) in [4.78, 5) is 1.03. The van der Waals surface area contributed by atoms with E-state index in [2.05, 4.69) is 11.4 Å². The van der Waals surface area contributed by atoms with Crippen LogP contribution in [0.4, 0.5) is 0 Å². The van der Waals surface area contributed by atoms with Crippen LogP contribution in [-0.2, 0) is 5.54 Å². The van der Waals surface area contributed by atoms with E-state index in [9.17, 15) is 5.26 Å². The summed E-state index contributed by atoms with van der Waals surface area (Å²) in [6, 6.07) is 20.1. The van der Waals surface area contributed by atoms with Gasteiger partial charge < -0.3 is 4.74 Å². The monoisotopic (exact) mass is 298 g/mol. The molecule has 2 rings (SSSR count). The number of nitrogens with one attached hydrogen (secondary N) is 1. The standard InChI is InChI=1S/C17H18N2OS/c1-19-17(12-18,14-8-4-3-5-9-14)13-21-16-11-7-6-10-15(16)20-2/h3-11,19H,13H2,1-2H3. The molecule has 0 amide bonds. The molecule has 1 unspecified atom stereocenters. The van der Waals surface area contributed by atoms with E-state index in [0.29, 0.717) is 5.75 Å². The maximum Gasteiger partial charge on any atom is 0.141 e. The molecule has 0 saturated heterocycles. The highest BCUT2D eigenvalue weighted by atomic mass is 32.2. The highest BCUT2D eigenvalue weighted by Crippen LogP contribution is 2.34. The summed E-state index contributed by atoms with van der Waals surface area (Å²) >= 11 is 1.61. The number of hydrogen-bond donors (Lipinski definition) is 1. The average Bonchev–Trinajstić information content (AvgIpc) is 2.57. The zero-order valence-corrected chi connectivity index (χ0v) is 13.0. The molecule has 0 spiro atoms. The zero-order valence-electron chi connectivity index (χ0n) is 12.2. The highest BCUT2D eigenvalue weighted by molar-refractivity contribution is 7.99. The van der Waals surface area contributed by atoms with Gasteiger partial charge in [0, 0.05) is 10.6 Å². The Labute approximate surface area is 129 Å². The van der Waals surface area contributed by atoms with Crippen LogP contribution in [0.2, 0.25) is 0 Å². The first kappa shape index (κ1) is 15.4. The number of ether oxygens (including phenoxy) is 1. The Morgan fingerprint density at radius 1 is 1.14 bits per heavy atom. The summed E-state index contributed by atoms with van der Waals surface area (Å²) in [5.41, 5.74) is 0.254. The Bertz CT molecular complexity index is 624. The highest BCUT2D eigenvalue weighted by Gasteiger charge is 2.30. The fourth-order valence-electron chi connectivity index (χ4n) is 2.10. The fraction of sp³-hybridized carbons (Fsp3) is 0.235. The van der Waals surface area contributed by atoms with Crippen molar-refractivity contribution in [3.8, 4) is 11.8 Å². The molecule has 0 saturated carbocycles. The quantitative estimate of drug-likeness (QED) is 0.830. The Hall–Kier alpha value is -1.96. The molecular formula is C17H18N2OS. The van der Waals surface area contributed by atoms with Crippen LogP contribution in [0.25, 0.3) is 0 Å². The largest absolute Gasteiger partial charge is 0.496 e. The van der Waals surface area contributed by atoms with Crippen LogP contribution >= 0.6 is 11.8 Å². The lowest BCUT2D eigenvalue weighted by molar-refractivity contribution is 0.404. The minimum atomic E-state index is -0.715. The first-order valence-corrected chi connectivity index (χ1v) is 7.66. The maximum absolute atomic E-state index is 9.68. The van der Waals surface area contributed by atoms with E-state index >= 15 is 0 Å². The van der Waals surface area contributed by atoms with Gasteiger partial charge in [0.15, 0.2) is 0 Å².